The van der Waals surface area contributed by atoms with Gasteiger partial charge in [0.1, 0.15) is 29.8 Å². The molecule has 1 aliphatic rings. The summed E-state index contributed by atoms with van der Waals surface area (Å²) < 4.78 is 10.5. The SMILES string of the molecule is O=C(O)[C@H]1O[C@@H](Oc2ccc(Cc3ccc(O)cc3)cc2)[C@H](O)[C@@H](O)[C@@H]1O. The Morgan fingerprint density at radius 1 is 0.889 bits per heavy atom. The van der Waals surface area contributed by atoms with E-state index in [4.69, 9.17) is 14.6 Å². The molecule has 1 aliphatic heterocycles. The Labute approximate surface area is 154 Å². The molecule has 0 saturated carbocycles. The number of carboxylic acid groups (broad SMARTS) is 1. The van der Waals surface area contributed by atoms with Gasteiger partial charge < -0.3 is 35.0 Å². The van der Waals surface area contributed by atoms with E-state index < -0.39 is 36.7 Å². The fourth-order valence-corrected chi connectivity index (χ4v) is 2.82. The van der Waals surface area contributed by atoms with E-state index >= 15 is 0 Å². The second kappa shape index (κ2) is 7.93. The summed E-state index contributed by atoms with van der Waals surface area (Å²) in [5.41, 5.74) is 1.98. The molecule has 1 fully saturated rings. The lowest BCUT2D eigenvalue weighted by atomic mass is 9.99. The third-order valence-corrected chi connectivity index (χ3v) is 4.33. The van der Waals surface area contributed by atoms with Gasteiger partial charge in [-0.1, -0.05) is 24.3 Å². The van der Waals surface area contributed by atoms with Crippen LogP contribution in [0.3, 0.4) is 0 Å². The fraction of sp³-hybridized carbons (Fsp3) is 0.316. The smallest absolute Gasteiger partial charge is 0.335 e. The summed E-state index contributed by atoms with van der Waals surface area (Å²) in [5, 5.41) is 47.8. The summed E-state index contributed by atoms with van der Waals surface area (Å²) in [6.07, 6.45) is -7.58. The molecule has 5 N–H and O–H groups in total. The Bertz CT molecular complexity index is 773. The molecular weight excluding hydrogens is 356 g/mol. The number of hydrogen-bond donors (Lipinski definition) is 5. The highest BCUT2D eigenvalue weighted by atomic mass is 16.7. The van der Waals surface area contributed by atoms with Crippen LogP contribution in [0.4, 0.5) is 0 Å². The average Bonchev–Trinajstić information content (AvgIpc) is 2.65. The van der Waals surface area contributed by atoms with Gasteiger partial charge in [0.2, 0.25) is 6.29 Å². The molecule has 0 bridgehead atoms. The normalized spacial score (nSPS) is 27.9. The van der Waals surface area contributed by atoms with Crippen LogP contribution >= 0.6 is 0 Å². The minimum Gasteiger partial charge on any atom is -0.508 e. The first kappa shape index (κ1) is 19.1. The first-order chi connectivity index (χ1) is 12.8. The standard InChI is InChI=1S/C19H20O8/c20-12-5-1-10(2-6-12)9-11-3-7-13(8-4-11)26-19-16(23)14(21)15(22)17(27-19)18(24)25/h1-8,14-17,19-23H,9H2,(H,24,25)/t14-,15-,16+,17-,19+/m0/s1. The fourth-order valence-electron chi connectivity index (χ4n) is 2.82. The largest absolute Gasteiger partial charge is 0.508 e. The minimum absolute atomic E-state index is 0.195. The van der Waals surface area contributed by atoms with Gasteiger partial charge in [-0.15, -0.1) is 0 Å². The van der Waals surface area contributed by atoms with Gasteiger partial charge in [0, 0.05) is 0 Å². The van der Waals surface area contributed by atoms with Crippen molar-refractivity contribution < 1.29 is 39.8 Å². The third kappa shape index (κ3) is 4.37. The van der Waals surface area contributed by atoms with Gasteiger partial charge >= 0.3 is 5.97 Å². The van der Waals surface area contributed by atoms with Gasteiger partial charge in [-0.3, -0.25) is 0 Å². The Morgan fingerprint density at radius 2 is 1.44 bits per heavy atom. The molecule has 5 atom stereocenters. The number of phenolic OH excluding ortho intramolecular Hbond substituents is 1. The number of carboxylic acids is 1. The van der Waals surface area contributed by atoms with Crippen LogP contribution in [0, 0.1) is 0 Å². The number of aromatic hydroxyl groups is 1. The van der Waals surface area contributed by atoms with Crippen molar-refractivity contribution in [3.8, 4) is 11.5 Å². The molecule has 1 heterocycles. The number of ether oxygens (including phenoxy) is 2. The summed E-state index contributed by atoms with van der Waals surface area (Å²) in [7, 11) is 0. The summed E-state index contributed by atoms with van der Waals surface area (Å²) >= 11 is 0. The van der Waals surface area contributed by atoms with Gasteiger partial charge in [0.05, 0.1) is 0 Å². The summed E-state index contributed by atoms with van der Waals surface area (Å²) in [4.78, 5) is 11.1. The molecule has 0 unspecified atom stereocenters. The zero-order valence-corrected chi connectivity index (χ0v) is 14.2. The zero-order chi connectivity index (χ0) is 19.6. The van der Waals surface area contributed by atoms with Crippen LogP contribution in [-0.2, 0) is 16.0 Å². The molecule has 0 radical (unpaired) electrons. The van der Waals surface area contributed by atoms with Crippen LogP contribution < -0.4 is 4.74 Å². The molecule has 0 aliphatic carbocycles. The maximum atomic E-state index is 11.1. The number of aliphatic carboxylic acids is 1. The van der Waals surface area contributed by atoms with Crippen LogP contribution in [-0.4, -0.2) is 62.2 Å². The lowest BCUT2D eigenvalue weighted by molar-refractivity contribution is -0.271. The summed E-state index contributed by atoms with van der Waals surface area (Å²) in [6.45, 7) is 0. The molecule has 0 spiro atoms. The van der Waals surface area contributed by atoms with Gasteiger partial charge in [0.25, 0.3) is 0 Å². The topological polar surface area (TPSA) is 137 Å². The number of aliphatic hydroxyl groups excluding tert-OH is 3. The highest BCUT2D eigenvalue weighted by molar-refractivity contribution is 5.73. The number of aliphatic hydroxyl groups is 3. The number of phenols is 1. The Hall–Kier alpha value is -2.65. The van der Waals surface area contributed by atoms with E-state index in [1.807, 2.05) is 12.1 Å². The number of carbonyl (C=O) groups is 1. The quantitative estimate of drug-likeness (QED) is 0.501. The van der Waals surface area contributed by atoms with Crippen molar-refractivity contribution in [2.75, 3.05) is 0 Å². The van der Waals surface area contributed by atoms with Crippen LogP contribution in [0.2, 0.25) is 0 Å². The van der Waals surface area contributed by atoms with Crippen LogP contribution in [0.25, 0.3) is 0 Å². The van der Waals surface area contributed by atoms with Crippen molar-refractivity contribution in [2.45, 2.75) is 37.1 Å². The van der Waals surface area contributed by atoms with E-state index in [1.165, 1.54) is 0 Å². The van der Waals surface area contributed by atoms with E-state index in [0.29, 0.717) is 12.2 Å². The molecule has 8 heteroatoms. The van der Waals surface area contributed by atoms with Gasteiger partial charge in [-0.25, -0.2) is 4.79 Å². The van der Waals surface area contributed by atoms with Crippen molar-refractivity contribution in [1.29, 1.82) is 0 Å². The highest BCUT2D eigenvalue weighted by Crippen LogP contribution is 2.25. The number of rotatable bonds is 5. The highest BCUT2D eigenvalue weighted by Gasteiger charge is 2.48. The Balaban J connectivity index is 1.66. The third-order valence-electron chi connectivity index (χ3n) is 4.33. The molecule has 144 valence electrons. The number of hydrogen-bond acceptors (Lipinski definition) is 7. The van der Waals surface area contributed by atoms with E-state index in [9.17, 15) is 25.2 Å². The van der Waals surface area contributed by atoms with Crippen molar-refractivity contribution in [3.63, 3.8) is 0 Å². The van der Waals surface area contributed by atoms with Crippen molar-refractivity contribution in [2.24, 2.45) is 0 Å². The molecule has 2 aromatic carbocycles. The van der Waals surface area contributed by atoms with Gasteiger partial charge in [-0.05, 0) is 41.8 Å². The molecule has 8 nitrogen and oxygen atoms in total. The molecular formula is C19H20O8. The first-order valence-electron chi connectivity index (χ1n) is 8.31. The average molecular weight is 376 g/mol. The second-order valence-electron chi connectivity index (χ2n) is 6.34. The van der Waals surface area contributed by atoms with Crippen LogP contribution in [0.15, 0.2) is 48.5 Å². The number of benzene rings is 2. The maximum absolute atomic E-state index is 11.1. The summed E-state index contributed by atoms with van der Waals surface area (Å²) in [6, 6.07) is 13.7. The molecule has 0 aromatic heterocycles. The molecule has 0 amide bonds. The molecule has 27 heavy (non-hydrogen) atoms. The van der Waals surface area contributed by atoms with Gasteiger partial charge in [-0.2, -0.15) is 0 Å². The predicted octanol–water partition coefficient (Wildman–Crippen LogP) is 0.254. The lowest BCUT2D eigenvalue weighted by Crippen LogP contribution is -2.61. The monoisotopic (exact) mass is 376 g/mol. The van der Waals surface area contributed by atoms with Crippen molar-refractivity contribution in [1.82, 2.24) is 0 Å². The minimum atomic E-state index is -1.76. The van der Waals surface area contributed by atoms with E-state index in [2.05, 4.69) is 0 Å². The maximum Gasteiger partial charge on any atom is 0.335 e. The molecule has 2 aromatic rings. The van der Waals surface area contributed by atoms with Crippen LogP contribution in [0.5, 0.6) is 11.5 Å². The molecule has 3 rings (SSSR count). The van der Waals surface area contributed by atoms with E-state index in [1.54, 1.807) is 36.4 Å². The summed E-state index contributed by atoms with van der Waals surface area (Å²) in [5.74, 6) is -0.965. The molecule has 1 saturated heterocycles. The zero-order valence-electron chi connectivity index (χ0n) is 14.2. The van der Waals surface area contributed by atoms with E-state index in [-0.39, 0.29) is 5.75 Å². The predicted molar refractivity (Wildman–Crippen MR) is 92.3 cm³/mol. The van der Waals surface area contributed by atoms with Crippen molar-refractivity contribution in [3.05, 3.63) is 59.7 Å². The van der Waals surface area contributed by atoms with E-state index in [0.717, 1.165) is 11.1 Å². The van der Waals surface area contributed by atoms with Crippen LogP contribution in [0.1, 0.15) is 11.1 Å². The Morgan fingerprint density at radius 3 is 2.00 bits per heavy atom. The lowest BCUT2D eigenvalue weighted by Gasteiger charge is -2.38. The first-order valence-corrected chi connectivity index (χ1v) is 8.31. The Kier molecular flexibility index (Phi) is 5.62. The van der Waals surface area contributed by atoms with Crippen molar-refractivity contribution >= 4 is 5.97 Å². The van der Waals surface area contributed by atoms with Gasteiger partial charge in [0.15, 0.2) is 6.10 Å². The second-order valence-corrected chi connectivity index (χ2v) is 6.34.